The molecule has 0 aromatic carbocycles. The molecule has 1 aliphatic rings. The first-order chi connectivity index (χ1) is 15.6. The normalized spacial score (nSPS) is 14.5. The molecule has 1 saturated carbocycles. The molecule has 1 amide bonds. The molecule has 33 heavy (non-hydrogen) atoms. The molecule has 3 aromatic heterocycles. The van der Waals surface area contributed by atoms with E-state index in [-0.39, 0.29) is 29.7 Å². The highest BCUT2D eigenvalue weighted by Crippen LogP contribution is 2.28. The van der Waals surface area contributed by atoms with Crippen LogP contribution in [-0.4, -0.2) is 36.2 Å². The topological polar surface area (TPSA) is 102 Å². The highest BCUT2D eigenvalue weighted by Gasteiger charge is 2.32. The third kappa shape index (κ3) is 4.62. The lowest BCUT2D eigenvalue weighted by molar-refractivity contribution is -0.141. The minimum absolute atomic E-state index is 0.000921. The van der Waals surface area contributed by atoms with Crippen LogP contribution in [-0.2, 0) is 12.7 Å². The van der Waals surface area contributed by atoms with Crippen LogP contribution in [0.15, 0.2) is 29.3 Å². The van der Waals surface area contributed by atoms with Crippen LogP contribution < -0.4 is 10.9 Å². The maximum atomic E-state index is 13.2. The zero-order valence-electron chi connectivity index (χ0n) is 17.9. The summed E-state index contributed by atoms with van der Waals surface area (Å²) in [5.74, 6) is -1.17. The number of nitrogens with zero attached hydrogens (tertiary/aromatic N) is 4. The number of alkyl halides is 3. The molecule has 2 N–H and O–H groups in total. The molecule has 4 rings (SSSR count). The molecule has 0 bridgehead atoms. The second kappa shape index (κ2) is 8.38. The first kappa shape index (κ1) is 22.6. The summed E-state index contributed by atoms with van der Waals surface area (Å²) >= 11 is 0. The van der Waals surface area contributed by atoms with Gasteiger partial charge in [0.05, 0.1) is 6.20 Å². The fraction of sp³-hybridized carbons (Fsp3) is 0.364. The lowest BCUT2D eigenvalue weighted by Gasteiger charge is -2.15. The van der Waals surface area contributed by atoms with Crippen molar-refractivity contribution in [3.8, 4) is 5.88 Å². The molecule has 0 atom stereocenters. The second-order valence-corrected chi connectivity index (χ2v) is 8.40. The van der Waals surface area contributed by atoms with E-state index in [0.717, 1.165) is 29.6 Å². The number of hydrogen-bond acceptors (Lipinski definition) is 5. The Morgan fingerprint density at radius 3 is 2.58 bits per heavy atom. The largest absolute Gasteiger partial charge is 0.492 e. The van der Waals surface area contributed by atoms with Crippen LogP contribution in [0.1, 0.15) is 53.9 Å². The number of carbonyl (C=O) groups is 1. The van der Waals surface area contributed by atoms with Gasteiger partial charge in [0.2, 0.25) is 5.88 Å². The third-order valence-corrected chi connectivity index (χ3v) is 5.13. The molecule has 1 fully saturated rings. The second-order valence-electron chi connectivity index (χ2n) is 8.40. The van der Waals surface area contributed by atoms with Crippen molar-refractivity contribution in [2.75, 3.05) is 0 Å². The van der Waals surface area contributed by atoms with Crippen molar-refractivity contribution in [3.05, 3.63) is 57.3 Å². The van der Waals surface area contributed by atoms with Gasteiger partial charge in [0, 0.05) is 24.3 Å². The van der Waals surface area contributed by atoms with Gasteiger partial charge in [-0.15, -0.1) is 0 Å². The minimum Gasteiger partial charge on any atom is -0.492 e. The van der Waals surface area contributed by atoms with Crippen LogP contribution in [0.3, 0.4) is 0 Å². The predicted molar refractivity (Wildman–Crippen MR) is 115 cm³/mol. The van der Waals surface area contributed by atoms with Crippen molar-refractivity contribution < 1.29 is 23.1 Å². The maximum absolute atomic E-state index is 13.2. The lowest BCUT2D eigenvalue weighted by atomic mass is 10.2. The predicted octanol–water partition coefficient (Wildman–Crippen LogP) is 3.33. The molecular weight excluding hydrogens is 439 g/mol. The standard InChI is InChI=1S/C22H22F3N5O3/c1-12(2)11-29-19-14(5-3-13-4-8-16(26-9-13)22(23,24)25)10-27-30(19)21(33)17(20(29)32)18(31)28-15-6-7-15/h3-5,8-10,12,15,33H,6-7,11H2,1-2H3,(H,28,31). The summed E-state index contributed by atoms with van der Waals surface area (Å²) in [7, 11) is 0. The minimum atomic E-state index is -4.53. The summed E-state index contributed by atoms with van der Waals surface area (Å²) in [6.45, 7) is 4.07. The van der Waals surface area contributed by atoms with E-state index in [9.17, 15) is 27.9 Å². The van der Waals surface area contributed by atoms with Crippen molar-refractivity contribution in [2.45, 2.75) is 45.5 Å². The van der Waals surface area contributed by atoms with Crippen molar-refractivity contribution in [1.82, 2.24) is 24.5 Å². The fourth-order valence-corrected chi connectivity index (χ4v) is 3.41. The molecule has 0 spiro atoms. The number of aromatic nitrogens is 4. The van der Waals surface area contributed by atoms with Crippen LogP contribution in [0, 0.1) is 5.92 Å². The van der Waals surface area contributed by atoms with Crippen LogP contribution in [0.5, 0.6) is 5.88 Å². The summed E-state index contributed by atoms with van der Waals surface area (Å²) in [6, 6.07) is 2.15. The van der Waals surface area contributed by atoms with E-state index in [4.69, 9.17) is 0 Å². The Bertz CT molecular complexity index is 1290. The number of amides is 1. The van der Waals surface area contributed by atoms with Crippen molar-refractivity contribution in [3.63, 3.8) is 0 Å². The summed E-state index contributed by atoms with van der Waals surface area (Å²) < 4.78 is 40.6. The number of rotatable bonds is 6. The number of hydrogen-bond donors (Lipinski definition) is 2. The smallest absolute Gasteiger partial charge is 0.433 e. The average molecular weight is 461 g/mol. The fourth-order valence-electron chi connectivity index (χ4n) is 3.41. The quantitative estimate of drug-likeness (QED) is 0.587. The van der Waals surface area contributed by atoms with Gasteiger partial charge in [-0.1, -0.05) is 26.0 Å². The van der Waals surface area contributed by atoms with Gasteiger partial charge in [0.1, 0.15) is 11.3 Å². The Labute approximate surface area is 186 Å². The van der Waals surface area contributed by atoms with Gasteiger partial charge in [-0.25, -0.2) is 0 Å². The maximum Gasteiger partial charge on any atom is 0.433 e. The van der Waals surface area contributed by atoms with E-state index in [2.05, 4.69) is 15.4 Å². The summed E-state index contributed by atoms with van der Waals surface area (Å²) in [5.41, 5.74) is -0.894. The summed E-state index contributed by atoms with van der Waals surface area (Å²) in [4.78, 5) is 29.2. The van der Waals surface area contributed by atoms with E-state index in [1.54, 1.807) is 6.08 Å². The average Bonchev–Trinajstić information content (AvgIpc) is 3.44. The molecule has 0 radical (unpaired) electrons. The zero-order chi connectivity index (χ0) is 23.9. The Hall–Kier alpha value is -3.63. The van der Waals surface area contributed by atoms with Crippen LogP contribution in [0.25, 0.3) is 17.8 Å². The molecule has 0 unspecified atom stereocenters. The van der Waals surface area contributed by atoms with Crippen molar-refractivity contribution in [1.29, 1.82) is 0 Å². The monoisotopic (exact) mass is 461 g/mol. The summed E-state index contributed by atoms with van der Waals surface area (Å²) in [6.07, 6.45) is 2.70. The SMILES string of the molecule is CC(C)Cn1c(=O)c(C(=O)NC2CC2)c(O)n2ncc(C=Cc3ccc(C(F)(F)F)nc3)c12. The number of pyridine rings is 1. The number of fused-ring (bicyclic) bond motifs is 1. The van der Waals surface area contributed by atoms with Gasteiger partial charge in [-0.05, 0) is 36.5 Å². The first-order valence-corrected chi connectivity index (χ1v) is 10.4. The molecular formula is C22H22F3N5O3. The van der Waals surface area contributed by atoms with E-state index < -0.39 is 29.2 Å². The van der Waals surface area contributed by atoms with Crippen LogP contribution in [0.2, 0.25) is 0 Å². The third-order valence-electron chi connectivity index (χ3n) is 5.13. The lowest BCUT2D eigenvalue weighted by Crippen LogP contribution is -2.36. The van der Waals surface area contributed by atoms with Crippen LogP contribution in [0.4, 0.5) is 13.2 Å². The Morgan fingerprint density at radius 2 is 2.00 bits per heavy atom. The Kier molecular flexibility index (Phi) is 5.73. The Morgan fingerprint density at radius 1 is 1.27 bits per heavy atom. The van der Waals surface area contributed by atoms with Gasteiger partial charge in [-0.3, -0.25) is 19.1 Å². The van der Waals surface area contributed by atoms with E-state index in [1.807, 2.05) is 13.8 Å². The van der Waals surface area contributed by atoms with Gasteiger partial charge < -0.3 is 10.4 Å². The summed E-state index contributed by atoms with van der Waals surface area (Å²) in [5, 5.41) is 17.5. The van der Waals surface area contributed by atoms with Crippen LogP contribution >= 0.6 is 0 Å². The van der Waals surface area contributed by atoms with Crippen molar-refractivity contribution >= 4 is 23.7 Å². The number of halogens is 3. The molecule has 174 valence electrons. The highest BCUT2D eigenvalue weighted by molar-refractivity contribution is 5.96. The van der Waals surface area contributed by atoms with Gasteiger partial charge >= 0.3 is 6.18 Å². The number of nitrogens with one attached hydrogen (secondary N) is 1. The number of aromatic hydroxyl groups is 1. The molecule has 11 heteroatoms. The molecule has 0 aliphatic heterocycles. The Balaban J connectivity index is 1.77. The molecule has 8 nitrogen and oxygen atoms in total. The molecule has 0 saturated heterocycles. The highest BCUT2D eigenvalue weighted by atomic mass is 19.4. The van der Waals surface area contributed by atoms with E-state index in [0.29, 0.717) is 11.1 Å². The van der Waals surface area contributed by atoms with Gasteiger partial charge in [-0.2, -0.15) is 22.8 Å². The van der Waals surface area contributed by atoms with Gasteiger partial charge in [0.25, 0.3) is 11.5 Å². The molecule has 3 aromatic rings. The van der Waals surface area contributed by atoms with Gasteiger partial charge in [0.15, 0.2) is 5.56 Å². The molecule has 1 aliphatic carbocycles. The van der Waals surface area contributed by atoms with Crippen molar-refractivity contribution in [2.24, 2.45) is 5.92 Å². The number of carbonyl (C=O) groups excluding carboxylic acids is 1. The van der Waals surface area contributed by atoms with E-state index >= 15 is 0 Å². The first-order valence-electron chi connectivity index (χ1n) is 10.4. The van der Waals surface area contributed by atoms with E-state index in [1.165, 1.54) is 22.9 Å². The zero-order valence-corrected chi connectivity index (χ0v) is 17.9. The molecule has 3 heterocycles.